The predicted molar refractivity (Wildman–Crippen MR) is 69.1 cm³/mol. The normalized spacial score (nSPS) is 15.8. The molecule has 0 spiro atoms. The molecule has 2 unspecified atom stereocenters. The first-order valence-corrected chi connectivity index (χ1v) is 7.48. The lowest BCUT2D eigenvalue weighted by Crippen LogP contribution is -2.37. The first kappa shape index (κ1) is 13.7. The molecule has 0 saturated carbocycles. The van der Waals surface area contributed by atoms with Gasteiger partial charge < -0.3 is 5.73 Å². The van der Waals surface area contributed by atoms with Crippen molar-refractivity contribution in [3.05, 3.63) is 28.7 Å². The van der Waals surface area contributed by atoms with Gasteiger partial charge in [-0.3, -0.25) is 0 Å². The van der Waals surface area contributed by atoms with E-state index in [9.17, 15) is 8.42 Å². The standard InChI is InChI=1S/C11H16BrNO2S/c1-3-11(13)8(2)16(14,15)10-6-4-9(12)5-7-10/h4-8,11H,3,13H2,1-2H3. The molecule has 1 aromatic rings. The topological polar surface area (TPSA) is 60.2 Å². The molecule has 3 nitrogen and oxygen atoms in total. The van der Waals surface area contributed by atoms with Crippen LogP contribution in [0.4, 0.5) is 0 Å². The summed E-state index contributed by atoms with van der Waals surface area (Å²) in [6.45, 7) is 3.55. The van der Waals surface area contributed by atoms with Gasteiger partial charge in [-0.25, -0.2) is 8.42 Å². The smallest absolute Gasteiger partial charge is 0.182 e. The first-order chi connectivity index (χ1) is 7.39. The van der Waals surface area contributed by atoms with E-state index in [4.69, 9.17) is 5.73 Å². The quantitative estimate of drug-likeness (QED) is 0.929. The van der Waals surface area contributed by atoms with Crippen LogP contribution in [0.3, 0.4) is 0 Å². The largest absolute Gasteiger partial charge is 0.327 e. The summed E-state index contributed by atoms with van der Waals surface area (Å²) >= 11 is 3.27. The number of rotatable bonds is 4. The average molecular weight is 306 g/mol. The third-order valence-corrected chi connectivity index (χ3v) is 5.49. The van der Waals surface area contributed by atoms with Crippen LogP contribution >= 0.6 is 15.9 Å². The summed E-state index contributed by atoms with van der Waals surface area (Å²) in [5.74, 6) is 0. The SMILES string of the molecule is CCC(N)C(C)S(=O)(=O)c1ccc(Br)cc1. The van der Waals surface area contributed by atoms with Crippen molar-refractivity contribution in [2.75, 3.05) is 0 Å². The van der Waals surface area contributed by atoms with Gasteiger partial charge in [0.15, 0.2) is 9.84 Å². The van der Waals surface area contributed by atoms with Gasteiger partial charge in [0, 0.05) is 10.5 Å². The fraction of sp³-hybridized carbons (Fsp3) is 0.455. The number of nitrogens with two attached hydrogens (primary N) is 1. The highest BCUT2D eigenvalue weighted by Crippen LogP contribution is 2.20. The molecule has 90 valence electrons. The van der Waals surface area contributed by atoms with E-state index in [0.717, 1.165) is 4.47 Å². The minimum absolute atomic E-state index is 0.325. The zero-order valence-electron chi connectivity index (χ0n) is 9.35. The fourth-order valence-electron chi connectivity index (χ4n) is 1.40. The lowest BCUT2D eigenvalue weighted by atomic mass is 10.2. The van der Waals surface area contributed by atoms with Crippen molar-refractivity contribution in [2.45, 2.75) is 36.5 Å². The second kappa shape index (κ2) is 5.29. The van der Waals surface area contributed by atoms with Gasteiger partial charge in [0.2, 0.25) is 0 Å². The number of hydrogen-bond donors (Lipinski definition) is 1. The maximum Gasteiger partial charge on any atom is 0.182 e. The highest BCUT2D eigenvalue weighted by atomic mass is 79.9. The Balaban J connectivity index is 3.07. The Morgan fingerprint density at radius 1 is 1.31 bits per heavy atom. The van der Waals surface area contributed by atoms with Crippen LogP contribution in [0.1, 0.15) is 20.3 Å². The van der Waals surface area contributed by atoms with Crippen LogP contribution in [0, 0.1) is 0 Å². The Morgan fingerprint density at radius 2 is 1.81 bits per heavy atom. The molecule has 0 bridgehead atoms. The Bertz CT molecular complexity index is 442. The second-order valence-corrected chi connectivity index (χ2v) is 7.00. The molecule has 1 rings (SSSR count). The van der Waals surface area contributed by atoms with E-state index in [2.05, 4.69) is 15.9 Å². The van der Waals surface area contributed by atoms with E-state index in [1.807, 2.05) is 6.92 Å². The van der Waals surface area contributed by atoms with E-state index in [1.54, 1.807) is 31.2 Å². The molecule has 0 aliphatic heterocycles. The van der Waals surface area contributed by atoms with Crippen LogP contribution in [0.15, 0.2) is 33.6 Å². The number of hydrogen-bond acceptors (Lipinski definition) is 3. The highest BCUT2D eigenvalue weighted by Gasteiger charge is 2.27. The van der Waals surface area contributed by atoms with Crippen LogP contribution in [-0.2, 0) is 9.84 Å². The minimum Gasteiger partial charge on any atom is -0.327 e. The van der Waals surface area contributed by atoms with Gasteiger partial charge in [0.05, 0.1) is 10.1 Å². The molecule has 0 fully saturated rings. The molecule has 0 aromatic heterocycles. The molecule has 0 amide bonds. The van der Waals surface area contributed by atoms with Crippen molar-refractivity contribution in [1.29, 1.82) is 0 Å². The lowest BCUT2D eigenvalue weighted by molar-refractivity contribution is 0.552. The molecule has 0 aliphatic rings. The molecule has 16 heavy (non-hydrogen) atoms. The molecule has 1 aromatic carbocycles. The van der Waals surface area contributed by atoms with Crippen molar-refractivity contribution in [3.63, 3.8) is 0 Å². The maximum absolute atomic E-state index is 12.1. The first-order valence-electron chi connectivity index (χ1n) is 5.14. The van der Waals surface area contributed by atoms with Gasteiger partial charge in [-0.05, 0) is 37.6 Å². The number of halogens is 1. The van der Waals surface area contributed by atoms with Crippen molar-refractivity contribution in [2.24, 2.45) is 5.73 Å². The zero-order chi connectivity index (χ0) is 12.3. The Kier molecular flexibility index (Phi) is 4.52. The van der Waals surface area contributed by atoms with Crippen LogP contribution in [-0.4, -0.2) is 19.7 Å². The van der Waals surface area contributed by atoms with Crippen molar-refractivity contribution in [1.82, 2.24) is 0 Å². The molecular formula is C11H16BrNO2S. The van der Waals surface area contributed by atoms with Gasteiger partial charge in [0.25, 0.3) is 0 Å². The van der Waals surface area contributed by atoms with Crippen molar-refractivity contribution >= 4 is 25.8 Å². The Hall–Kier alpha value is -0.390. The minimum atomic E-state index is -3.31. The summed E-state index contributed by atoms with van der Waals surface area (Å²) in [4.78, 5) is 0.326. The third kappa shape index (κ3) is 2.84. The summed E-state index contributed by atoms with van der Waals surface area (Å²) in [7, 11) is -3.31. The average Bonchev–Trinajstić information content (AvgIpc) is 2.27. The van der Waals surface area contributed by atoms with Gasteiger partial charge in [0.1, 0.15) is 0 Å². The summed E-state index contributed by atoms with van der Waals surface area (Å²) in [6.07, 6.45) is 0.650. The molecule has 0 heterocycles. The number of benzene rings is 1. The van der Waals surface area contributed by atoms with Crippen LogP contribution in [0.5, 0.6) is 0 Å². The molecule has 2 atom stereocenters. The van der Waals surface area contributed by atoms with E-state index < -0.39 is 15.1 Å². The summed E-state index contributed by atoms with van der Waals surface area (Å²) < 4.78 is 25.2. The van der Waals surface area contributed by atoms with E-state index in [0.29, 0.717) is 11.3 Å². The van der Waals surface area contributed by atoms with Crippen molar-refractivity contribution < 1.29 is 8.42 Å². The fourth-order valence-corrected chi connectivity index (χ4v) is 3.26. The number of sulfone groups is 1. The summed E-state index contributed by atoms with van der Waals surface area (Å²) in [6, 6.07) is 6.30. The van der Waals surface area contributed by atoms with E-state index >= 15 is 0 Å². The molecule has 5 heteroatoms. The molecular weight excluding hydrogens is 290 g/mol. The Morgan fingerprint density at radius 3 is 2.25 bits per heavy atom. The summed E-state index contributed by atoms with van der Waals surface area (Å²) in [5, 5.41) is -0.557. The van der Waals surface area contributed by atoms with Crippen molar-refractivity contribution in [3.8, 4) is 0 Å². The van der Waals surface area contributed by atoms with Crippen LogP contribution in [0.2, 0.25) is 0 Å². The molecule has 2 N–H and O–H groups in total. The second-order valence-electron chi connectivity index (χ2n) is 3.78. The Labute approximate surface area is 105 Å². The molecule has 0 radical (unpaired) electrons. The lowest BCUT2D eigenvalue weighted by Gasteiger charge is -2.18. The third-order valence-electron chi connectivity index (χ3n) is 2.71. The van der Waals surface area contributed by atoms with Gasteiger partial charge in [-0.15, -0.1) is 0 Å². The maximum atomic E-state index is 12.1. The molecule has 0 saturated heterocycles. The van der Waals surface area contributed by atoms with Gasteiger partial charge in [-0.2, -0.15) is 0 Å². The predicted octanol–water partition coefficient (Wildman–Crippen LogP) is 2.35. The zero-order valence-corrected chi connectivity index (χ0v) is 11.8. The van der Waals surface area contributed by atoms with Gasteiger partial charge in [-0.1, -0.05) is 22.9 Å². The van der Waals surface area contributed by atoms with E-state index in [-0.39, 0.29) is 6.04 Å². The molecule has 0 aliphatic carbocycles. The monoisotopic (exact) mass is 305 g/mol. The van der Waals surface area contributed by atoms with Gasteiger partial charge >= 0.3 is 0 Å². The highest BCUT2D eigenvalue weighted by molar-refractivity contribution is 9.10. The van der Waals surface area contributed by atoms with Crippen LogP contribution < -0.4 is 5.73 Å². The van der Waals surface area contributed by atoms with E-state index in [1.165, 1.54) is 0 Å². The van der Waals surface area contributed by atoms with Crippen LogP contribution in [0.25, 0.3) is 0 Å². The summed E-state index contributed by atoms with van der Waals surface area (Å²) in [5.41, 5.74) is 5.78.